The number of benzene rings is 1. The minimum Gasteiger partial charge on any atom is -0.350 e. The van der Waals surface area contributed by atoms with E-state index in [1.165, 1.54) is 0 Å². The van der Waals surface area contributed by atoms with Crippen LogP contribution >= 0.6 is 11.6 Å². The van der Waals surface area contributed by atoms with E-state index < -0.39 is 5.41 Å². The van der Waals surface area contributed by atoms with Gasteiger partial charge in [0.2, 0.25) is 5.91 Å². The lowest BCUT2D eigenvalue weighted by molar-refractivity contribution is -0.142. The van der Waals surface area contributed by atoms with Crippen LogP contribution in [0.5, 0.6) is 0 Å². The molecular weight excluding hydrogens is 384 g/mol. The molecule has 0 unspecified atom stereocenters. The van der Waals surface area contributed by atoms with Gasteiger partial charge in [-0.05, 0) is 47.9 Å². The van der Waals surface area contributed by atoms with Gasteiger partial charge in [-0.1, -0.05) is 35.9 Å². The minimum absolute atomic E-state index is 0.0699. The molecule has 1 N–H and O–H groups in total. The van der Waals surface area contributed by atoms with Crippen molar-refractivity contribution in [3.05, 3.63) is 95.0 Å². The van der Waals surface area contributed by atoms with Gasteiger partial charge >= 0.3 is 0 Å². The number of halogens is 1. The fraction of sp³-hybridized carbons (Fsp3) is 0.261. The number of likely N-dealkylation sites (tertiary alicyclic amines) is 1. The number of amides is 1. The highest BCUT2D eigenvalue weighted by molar-refractivity contribution is 6.30. The average molecular weight is 407 g/mol. The molecule has 5 nitrogen and oxygen atoms in total. The third-order valence-corrected chi connectivity index (χ3v) is 5.53. The summed E-state index contributed by atoms with van der Waals surface area (Å²) in [6.07, 6.45) is 6.07. The van der Waals surface area contributed by atoms with Crippen LogP contribution in [0.25, 0.3) is 0 Å². The van der Waals surface area contributed by atoms with Crippen LogP contribution in [-0.2, 0) is 24.3 Å². The van der Waals surface area contributed by atoms with Crippen molar-refractivity contribution >= 4 is 17.5 Å². The van der Waals surface area contributed by atoms with Gasteiger partial charge in [0, 0.05) is 43.2 Å². The topological polar surface area (TPSA) is 58.1 Å². The van der Waals surface area contributed by atoms with E-state index >= 15 is 0 Å². The Hall–Kier alpha value is -2.76. The van der Waals surface area contributed by atoms with E-state index in [0.717, 1.165) is 23.4 Å². The molecule has 6 heteroatoms. The number of carbonyl (C=O) groups excluding carboxylic acids is 1. The summed E-state index contributed by atoms with van der Waals surface area (Å²) in [4.78, 5) is 23.9. The second-order valence-electron chi connectivity index (χ2n) is 7.59. The number of rotatable bonds is 7. The molecule has 0 atom stereocenters. The number of carbonyl (C=O) groups is 1. The van der Waals surface area contributed by atoms with E-state index in [1.54, 1.807) is 12.4 Å². The van der Waals surface area contributed by atoms with Crippen molar-refractivity contribution in [3.63, 3.8) is 0 Å². The molecule has 0 aliphatic carbocycles. The summed E-state index contributed by atoms with van der Waals surface area (Å²) in [6, 6.07) is 17.5. The van der Waals surface area contributed by atoms with E-state index in [1.807, 2.05) is 54.7 Å². The lowest BCUT2D eigenvalue weighted by Crippen LogP contribution is -2.63. The van der Waals surface area contributed by atoms with Gasteiger partial charge in [0.25, 0.3) is 0 Å². The Morgan fingerprint density at radius 2 is 1.86 bits per heavy atom. The highest BCUT2D eigenvalue weighted by Crippen LogP contribution is 2.36. The normalized spacial score (nSPS) is 15.5. The molecular formula is C23H23ClN4O. The molecule has 4 rings (SSSR count). The summed E-state index contributed by atoms with van der Waals surface area (Å²) in [5.74, 6) is 0.0699. The summed E-state index contributed by atoms with van der Waals surface area (Å²) < 4.78 is 0. The van der Waals surface area contributed by atoms with Crippen LogP contribution in [0.4, 0.5) is 0 Å². The molecule has 148 valence electrons. The molecule has 1 aromatic carbocycles. The van der Waals surface area contributed by atoms with E-state index in [0.29, 0.717) is 31.1 Å². The fourth-order valence-electron chi connectivity index (χ4n) is 3.86. The Balaban J connectivity index is 1.45. The second kappa shape index (κ2) is 8.72. The first-order chi connectivity index (χ1) is 14.1. The van der Waals surface area contributed by atoms with Crippen molar-refractivity contribution < 1.29 is 4.79 Å². The lowest BCUT2D eigenvalue weighted by atomic mass is 9.73. The zero-order valence-electron chi connectivity index (χ0n) is 16.1. The first-order valence-electron chi connectivity index (χ1n) is 9.67. The van der Waals surface area contributed by atoms with Gasteiger partial charge in [0.1, 0.15) is 0 Å². The predicted octanol–water partition coefficient (Wildman–Crippen LogP) is 3.49. The van der Waals surface area contributed by atoms with Crippen LogP contribution in [0.15, 0.2) is 73.2 Å². The first kappa shape index (κ1) is 19.6. The monoisotopic (exact) mass is 406 g/mol. The van der Waals surface area contributed by atoms with Gasteiger partial charge in [0.05, 0.1) is 17.7 Å². The molecule has 1 saturated heterocycles. The summed E-state index contributed by atoms with van der Waals surface area (Å²) in [5, 5.41) is 3.79. The predicted molar refractivity (Wildman–Crippen MR) is 113 cm³/mol. The third kappa shape index (κ3) is 4.81. The van der Waals surface area contributed by atoms with Crippen LogP contribution in [0.1, 0.15) is 16.8 Å². The third-order valence-electron chi connectivity index (χ3n) is 5.28. The summed E-state index contributed by atoms with van der Waals surface area (Å²) in [5.41, 5.74) is 2.67. The van der Waals surface area contributed by atoms with Gasteiger partial charge in [-0.2, -0.15) is 0 Å². The molecule has 1 aliphatic rings. The Bertz CT molecular complexity index is 942. The Kier molecular flexibility index (Phi) is 5.88. The molecule has 29 heavy (non-hydrogen) atoms. The van der Waals surface area contributed by atoms with Gasteiger partial charge in [-0.25, -0.2) is 0 Å². The maximum atomic E-state index is 13.2. The molecule has 1 amide bonds. The van der Waals surface area contributed by atoms with Crippen LogP contribution in [-0.4, -0.2) is 33.9 Å². The number of aromatic nitrogens is 2. The van der Waals surface area contributed by atoms with Crippen molar-refractivity contribution in [1.29, 1.82) is 0 Å². The highest BCUT2D eigenvalue weighted by atomic mass is 35.5. The van der Waals surface area contributed by atoms with Crippen LogP contribution in [0.3, 0.4) is 0 Å². The molecule has 3 aromatic rings. The number of nitrogens with zero attached hydrogens (tertiary/aromatic N) is 3. The fourth-order valence-corrected chi connectivity index (χ4v) is 3.99. The van der Waals surface area contributed by atoms with Crippen LogP contribution in [0.2, 0.25) is 5.02 Å². The van der Waals surface area contributed by atoms with Crippen molar-refractivity contribution in [2.45, 2.75) is 19.5 Å². The first-order valence-corrected chi connectivity index (χ1v) is 10.0. The van der Waals surface area contributed by atoms with Gasteiger partial charge < -0.3 is 5.32 Å². The summed E-state index contributed by atoms with van der Waals surface area (Å²) >= 11 is 6.02. The molecule has 0 saturated carbocycles. The SMILES string of the molecule is O=C(NCc1ccccn1)C1(Cc2ccc(Cl)cc2)CN(Cc2cccnc2)C1. The smallest absolute Gasteiger partial charge is 0.229 e. The standard InChI is InChI=1S/C23H23ClN4O/c24-20-8-6-18(7-9-20)12-23(22(29)27-14-21-5-1-2-11-26-21)16-28(17-23)15-19-4-3-10-25-13-19/h1-11,13H,12,14-17H2,(H,27,29). The molecule has 0 spiro atoms. The molecule has 3 heterocycles. The Morgan fingerprint density at radius 3 is 2.55 bits per heavy atom. The lowest BCUT2D eigenvalue weighted by Gasteiger charge is -2.49. The largest absolute Gasteiger partial charge is 0.350 e. The Labute approximate surface area is 175 Å². The van der Waals surface area contributed by atoms with E-state index in [-0.39, 0.29) is 5.91 Å². The summed E-state index contributed by atoms with van der Waals surface area (Å²) in [7, 11) is 0. The molecule has 0 bridgehead atoms. The quantitative estimate of drug-likeness (QED) is 0.652. The average Bonchev–Trinajstić information content (AvgIpc) is 2.73. The number of hydrogen-bond donors (Lipinski definition) is 1. The van der Waals surface area contributed by atoms with Crippen LogP contribution in [0, 0.1) is 5.41 Å². The maximum Gasteiger partial charge on any atom is 0.229 e. The summed E-state index contributed by atoms with van der Waals surface area (Å²) in [6.45, 7) is 2.64. The van der Waals surface area contributed by atoms with Gasteiger partial charge in [0.15, 0.2) is 0 Å². The minimum atomic E-state index is -0.454. The van der Waals surface area contributed by atoms with Crippen LogP contribution < -0.4 is 5.32 Å². The van der Waals surface area contributed by atoms with Crippen molar-refractivity contribution in [2.75, 3.05) is 13.1 Å². The number of nitrogens with one attached hydrogen (secondary N) is 1. The van der Waals surface area contributed by atoms with Crippen molar-refractivity contribution in [2.24, 2.45) is 5.41 Å². The molecule has 1 aliphatic heterocycles. The van der Waals surface area contributed by atoms with Crippen molar-refractivity contribution in [1.82, 2.24) is 20.2 Å². The molecule has 0 radical (unpaired) electrons. The van der Waals surface area contributed by atoms with E-state index in [2.05, 4.69) is 26.3 Å². The zero-order valence-corrected chi connectivity index (χ0v) is 16.8. The number of hydrogen-bond acceptors (Lipinski definition) is 4. The highest BCUT2D eigenvalue weighted by Gasteiger charge is 2.48. The van der Waals surface area contributed by atoms with E-state index in [4.69, 9.17) is 11.6 Å². The van der Waals surface area contributed by atoms with Gasteiger partial charge in [-0.15, -0.1) is 0 Å². The van der Waals surface area contributed by atoms with Gasteiger partial charge in [-0.3, -0.25) is 19.7 Å². The maximum absolute atomic E-state index is 13.2. The number of pyridine rings is 2. The second-order valence-corrected chi connectivity index (χ2v) is 8.03. The van der Waals surface area contributed by atoms with Crippen molar-refractivity contribution in [3.8, 4) is 0 Å². The Morgan fingerprint density at radius 1 is 1.03 bits per heavy atom. The molecule has 2 aromatic heterocycles. The van der Waals surface area contributed by atoms with E-state index in [9.17, 15) is 4.79 Å². The zero-order chi connectivity index (χ0) is 20.1. The molecule has 1 fully saturated rings.